The molecule has 0 unspecified atom stereocenters. The largest absolute Gasteiger partial charge is 0.383 e. The fourth-order valence-corrected chi connectivity index (χ4v) is 2.32. The normalized spacial score (nSPS) is 12.7. The van der Waals surface area contributed by atoms with Crippen molar-refractivity contribution in [3.05, 3.63) is 24.3 Å². The Labute approximate surface area is 112 Å². The highest BCUT2D eigenvalue weighted by Gasteiger charge is 2.29. The topological polar surface area (TPSA) is 46.2 Å². The molecule has 0 aliphatic heterocycles. The van der Waals surface area contributed by atoms with E-state index in [1.807, 2.05) is 20.8 Å². The molecular weight excluding hydrogens is 272 g/mol. The first-order valence-corrected chi connectivity index (χ1v) is 7.60. The molecule has 0 radical (unpaired) electrons. The van der Waals surface area contributed by atoms with Crippen LogP contribution in [0.1, 0.15) is 27.2 Å². The van der Waals surface area contributed by atoms with Crippen LogP contribution in [0, 0.1) is 5.41 Å². The van der Waals surface area contributed by atoms with E-state index in [1.54, 1.807) is 6.07 Å². The molecule has 0 aromatic heterocycles. The number of benzene rings is 1. The number of hydrogen-bond donors (Lipinski definition) is 1. The Morgan fingerprint density at radius 2 is 1.84 bits per heavy atom. The van der Waals surface area contributed by atoms with E-state index in [4.69, 9.17) is 0 Å². The molecule has 3 nitrogen and oxygen atoms in total. The fourth-order valence-electron chi connectivity index (χ4n) is 1.42. The molecule has 0 spiro atoms. The Morgan fingerprint density at radius 3 is 2.37 bits per heavy atom. The van der Waals surface area contributed by atoms with E-state index in [0.29, 0.717) is 6.54 Å². The number of nitrogens with one attached hydrogen (secondary N) is 1. The third kappa shape index (κ3) is 3.89. The quantitative estimate of drug-likeness (QED) is 0.872. The van der Waals surface area contributed by atoms with Gasteiger partial charge in [-0.1, -0.05) is 32.9 Å². The van der Waals surface area contributed by atoms with E-state index in [0.717, 1.165) is 6.42 Å². The SMILES string of the molecule is CCC(C)(C)CNc1ccccc1S(=O)(=O)C(F)F. The molecule has 0 saturated heterocycles. The van der Waals surface area contributed by atoms with Crippen LogP contribution in [0.2, 0.25) is 0 Å². The summed E-state index contributed by atoms with van der Waals surface area (Å²) in [5.74, 6) is -3.41. The number of alkyl halides is 2. The molecule has 0 aliphatic carbocycles. The van der Waals surface area contributed by atoms with E-state index in [2.05, 4.69) is 5.32 Å². The Morgan fingerprint density at radius 1 is 1.26 bits per heavy atom. The van der Waals surface area contributed by atoms with Gasteiger partial charge in [-0.05, 0) is 24.0 Å². The lowest BCUT2D eigenvalue weighted by Gasteiger charge is -2.24. The Bertz CT molecular complexity index is 527. The second-order valence-electron chi connectivity index (χ2n) is 5.17. The predicted molar refractivity (Wildman–Crippen MR) is 72.2 cm³/mol. The van der Waals surface area contributed by atoms with E-state index in [1.165, 1.54) is 18.2 Å². The van der Waals surface area contributed by atoms with Gasteiger partial charge < -0.3 is 5.32 Å². The standard InChI is InChI=1S/C13H19F2NO2S/c1-4-13(2,3)9-16-10-7-5-6-8-11(10)19(17,18)12(14)15/h5-8,12,16H,4,9H2,1-3H3. The van der Waals surface area contributed by atoms with Crippen LogP contribution in [0.3, 0.4) is 0 Å². The van der Waals surface area contributed by atoms with E-state index in [9.17, 15) is 17.2 Å². The summed E-state index contributed by atoms with van der Waals surface area (Å²) in [5.41, 5.74) is 0.186. The number of halogens is 2. The molecule has 0 fully saturated rings. The molecule has 0 aliphatic rings. The molecule has 1 aromatic carbocycles. The van der Waals surface area contributed by atoms with Crippen molar-refractivity contribution in [2.45, 2.75) is 37.8 Å². The minimum atomic E-state index is -4.58. The van der Waals surface area contributed by atoms with Crippen LogP contribution in [0.15, 0.2) is 29.2 Å². The summed E-state index contributed by atoms with van der Waals surface area (Å²) in [7, 11) is -4.58. The molecule has 1 N–H and O–H groups in total. The lowest BCUT2D eigenvalue weighted by molar-refractivity contribution is 0.235. The van der Waals surface area contributed by atoms with Gasteiger partial charge in [-0.25, -0.2) is 8.42 Å². The molecule has 19 heavy (non-hydrogen) atoms. The van der Waals surface area contributed by atoms with Gasteiger partial charge in [0.15, 0.2) is 0 Å². The first-order valence-electron chi connectivity index (χ1n) is 6.05. The van der Waals surface area contributed by atoms with Crippen LogP contribution in [0.4, 0.5) is 14.5 Å². The third-order valence-electron chi connectivity index (χ3n) is 3.14. The van der Waals surface area contributed by atoms with Gasteiger partial charge in [0.05, 0.1) is 10.6 Å². The van der Waals surface area contributed by atoms with Crippen molar-refractivity contribution < 1.29 is 17.2 Å². The van der Waals surface area contributed by atoms with Gasteiger partial charge in [0.1, 0.15) is 0 Å². The van der Waals surface area contributed by atoms with Crippen molar-refractivity contribution in [2.24, 2.45) is 5.41 Å². The van der Waals surface area contributed by atoms with Gasteiger partial charge in [-0.3, -0.25) is 0 Å². The summed E-state index contributed by atoms with van der Waals surface area (Å²) >= 11 is 0. The Balaban J connectivity index is 3.05. The maximum Gasteiger partial charge on any atom is 0.341 e. The summed E-state index contributed by atoms with van der Waals surface area (Å²) in [6.07, 6.45) is 0.893. The highest BCUT2D eigenvalue weighted by molar-refractivity contribution is 7.91. The molecule has 0 atom stereocenters. The molecule has 0 heterocycles. The van der Waals surface area contributed by atoms with Crippen molar-refractivity contribution in [1.82, 2.24) is 0 Å². The van der Waals surface area contributed by atoms with Gasteiger partial charge in [0, 0.05) is 6.54 Å². The third-order valence-corrected chi connectivity index (χ3v) is 4.58. The summed E-state index contributed by atoms with van der Waals surface area (Å²) in [6.45, 7) is 6.57. The zero-order valence-corrected chi connectivity index (χ0v) is 12.1. The minimum absolute atomic E-state index is 0.0400. The van der Waals surface area contributed by atoms with Crippen LogP contribution >= 0.6 is 0 Å². The van der Waals surface area contributed by atoms with Crippen molar-refractivity contribution in [3.63, 3.8) is 0 Å². The average molecular weight is 291 g/mol. The second-order valence-corrected chi connectivity index (χ2v) is 7.06. The van der Waals surface area contributed by atoms with Crippen molar-refractivity contribution in [1.29, 1.82) is 0 Å². The number of rotatable bonds is 6. The second kappa shape index (κ2) is 5.86. The zero-order valence-electron chi connectivity index (χ0n) is 11.3. The van der Waals surface area contributed by atoms with E-state index < -0.39 is 15.6 Å². The summed E-state index contributed by atoms with van der Waals surface area (Å²) in [5, 5.41) is 2.95. The molecule has 1 aromatic rings. The van der Waals surface area contributed by atoms with Gasteiger partial charge >= 0.3 is 5.76 Å². The molecular formula is C13H19F2NO2S. The van der Waals surface area contributed by atoms with Crippen LogP contribution in [-0.2, 0) is 9.84 Å². The Kier molecular flexibility index (Phi) is 4.90. The smallest absolute Gasteiger partial charge is 0.341 e. The van der Waals surface area contributed by atoms with Crippen molar-refractivity contribution >= 4 is 15.5 Å². The molecule has 6 heteroatoms. The maximum absolute atomic E-state index is 12.6. The lowest BCUT2D eigenvalue weighted by Crippen LogP contribution is -2.23. The van der Waals surface area contributed by atoms with Crippen LogP contribution in [0.5, 0.6) is 0 Å². The average Bonchev–Trinajstić information content (AvgIpc) is 2.36. The molecule has 0 bridgehead atoms. The lowest BCUT2D eigenvalue weighted by atomic mass is 9.90. The number of anilines is 1. The molecule has 0 saturated carbocycles. The summed E-state index contributed by atoms with van der Waals surface area (Å²) < 4.78 is 48.3. The van der Waals surface area contributed by atoms with Crippen LogP contribution in [0.25, 0.3) is 0 Å². The summed E-state index contributed by atoms with van der Waals surface area (Å²) in [6, 6.07) is 5.75. The highest BCUT2D eigenvalue weighted by Crippen LogP contribution is 2.28. The number of hydrogen-bond acceptors (Lipinski definition) is 3. The van der Waals surface area contributed by atoms with Gasteiger partial charge in [0.2, 0.25) is 9.84 Å². The molecule has 0 amide bonds. The fraction of sp³-hybridized carbons (Fsp3) is 0.538. The van der Waals surface area contributed by atoms with Gasteiger partial charge in [0.25, 0.3) is 0 Å². The first kappa shape index (κ1) is 15.9. The summed E-state index contributed by atoms with van der Waals surface area (Å²) in [4.78, 5) is -0.350. The zero-order chi connectivity index (χ0) is 14.7. The molecule has 1 rings (SSSR count). The Hall–Kier alpha value is -1.17. The van der Waals surface area contributed by atoms with Crippen LogP contribution < -0.4 is 5.32 Å². The van der Waals surface area contributed by atoms with Crippen molar-refractivity contribution in [2.75, 3.05) is 11.9 Å². The number of sulfone groups is 1. The van der Waals surface area contributed by atoms with E-state index in [-0.39, 0.29) is 16.0 Å². The predicted octanol–water partition coefficient (Wildman–Crippen LogP) is 3.53. The molecule has 108 valence electrons. The van der Waals surface area contributed by atoms with Crippen LogP contribution in [-0.4, -0.2) is 20.7 Å². The highest BCUT2D eigenvalue weighted by atomic mass is 32.2. The van der Waals surface area contributed by atoms with E-state index >= 15 is 0 Å². The van der Waals surface area contributed by atoms with Gasteiger partial charge in [-0.15, -0.1) is 0 Å². The number of para-hydroxylation sites is 1. The minimum Gasteiger partial charge on any atom is -0.383 e. The first-order chi connectivity index (χ1) is 8.70. The monoisotopic (exact) mass is 291 g/mol. The van der Waals surface area contributed by atoms with Crippen molar-refractivity contribution in [3.8, 4) is 0 Å². The maximum atomic E-state index is 12.6. The van der Waals surface area contributed by atoms with Gasteiger partial charge in [-0.2, -0.15) is 8.78 Å².